The number of aromatic nitrogens is 1. The number of rotatable bonds is 6. The first-order valence-corrected chi connectivity index (χ1v) is 15.0. The van der Waals surface area contributed by atoms with Crippen LogP contribution in [0, 0.1) is 23.2 Å². The van der Waals surface area contributed by atoms with Crippen LogP contribution in [0.2, 0.25) is 0 Å². The molecule has 5 rings (SSSR count). The van der Waals surface area contributed by atoms with Gasteiger partial charge in [0.05, 0.1) is 23.9 Å². The number of nitrogens with zero attached hydrogens (tertiary/aromatic N) is 3. The largest absolute Gasteiger partial charge is 0.465 e. The summed E-state index contributed by atoms with van der Waals surface area (Å²) in [6, 6.07) is 9.66. The van der Waals surface area contributed by atoms with Gasteiger partial charge in [-0.25, -0.2) is 9.78 Å². The van der Waals surface area contributed by atoms with E-state index in [9.17, 15) is 14.9 Å². The maximum Gasteiger partial charge on any atom is 0.348 e. The van der Waals surface area contributed by atoms with Crippen molar-refractivity contribution in [1.29, 1.82) is 5.26 Å². The fraction of sp³-hybridized carbons (Fsp3) is 0.400. The molecule has 0 radical (unpaired) electrons. The minimum atomic E-state index is -0.356. The maximum absolute atomic E-state index is 13.0. The molecule has 3 heterocycles. The van der Waals surface area contributed by atoms with Gasteiger partial charge in [-0.05, 0) is 73.1 Å². The van der Waals surface area contributed by atoms with Crippen molar-refractivity contribution in [2.24, 2.45) is 11.8 Å². The van der Waals surface area contributed by atoms with Gasteiger partial charge in [0.25, 0.3) is 5.91 Å². The first-order valence-electron chi connectivity index (χ1n) is 13.2. The molecule has 1 aliphatic carbocycles. The second-order valence-corrected chi connectivity index (χ2v) is 12.3. The highest BCUT2D eigenvalue weighted by Gasteiger charge is 2.30. The number of carbonyl (C=O) groups is 2. The number of likely N-dealkylation sites (N-methyl/N-ethyl adjacent to an activating group) is 1. The second-order valence-electron chi connectivity index (χ2n) is 10.5. The van der Waals surface area contributed by atoms with Gasteiger partial charge in [-0.3, -0.25) is 4.79 Å². The minimum absolute atomic E-state index is 0.313. The van der Waals surface area contributed by atoms with Gasteiger partial charge in [-0.1, -0.05) is 25.8 Å². The molecule has 39 heavy (non-hydrogen) atoms. The van der Waals surface area contributed by atoms with Crippen molar-refractivity contribution in [3.05, 3.63) is 62.4 Å². The molecule has 1 aliphatic heterocycles. The molecule has 0 spiro atoms. The Morgan fingerprint density at radius 1 is 1.21 bits per heavy atom. The molecule has 0 saturated heterocycles. The first kappa shape index (κ1) is 27.3. The van der Waals surface area contributed by atoms with E-state index in [0.717, 1.165) is 41.4 Å². The summed E-state index contributed by atoms with van der Waals surface area (Å²) in [6.07, 6.45) is 5.76. The Labute approximate surface area is 237 Å². The van der Waals surface area contributed by atoms with E-state index in [4.69, 9.17) is 4.74 Å². The number of methoxy groups -OCH3 is 1. The average molecular weight is 561 g/mol. The van der Waals surface area contributed by atoms with E-state index in [2.05, 4.69) is 41.3 Å². The van der Waals surface area contributed by atoms with E-state index in [0.29, 0.717) is 27.7 Å². The molecule has 2 aliphatic rings. The zero-order chi connectivity index (χ0) is 27.5. The lowest BCUT2D eigenvalue weighted by Gasteiger charge is -2.35. The molecule has 7 nitrogen and oxygen atoms in total. The van der Waals surface area contributed by atoms with Crippen LogP contribution in [0.4, 0.5) is 5.69 Å². The Hall–Kier alpha value is -3.32. The molecule has 1 aromatic carbocycles. The number of nitriles is 1. The lowest BCUT2D eigenvalue weighted by molar-refractivity contribution is 0.0605. The van der Waals surface area contributed by atoms with Crippen molar-refractivity contribution in [1.82, 2.24) is 9.88 Å². The van der Waals surface area contributed by atoms with Crippen LogP contribution >= 0.6 is 22.7 Å². The number of thiazole rings is 1. The third kappa shape index (κ3) is 5.83. The Morgan fingerprint density at radius 2 is 2.00 bits per heavy atom. The number of hydrogen-bond donors (Lipinski definition) is 1. The van der Waals surface area contributed by atoms with Crippen molar-refractivity contribution in [3.8, 4) is 16.5 Å². The molecular weight excluding hydrogens is 528 g/mol. The fourth-order valence-corrected chi connectivity index (χ4v) is 7.26. The molecular formula is C30H32N4O3S2. The standard InChI is InChI=1S/C30H32N4O3S2/c1-18-4-6-19(7-5-18)24-15-34(2)11-10-22(24)23-13-27(39-28(23)30(36)37-3)20-8-9-25(21(12-20)14-31)33-29(35)26-16-38-17-32-26/h8-9,12-13,16-19H,4-7,10-11,15H2,1-3H3,(H,33,35). The fourth-order valence-electron chi connectivity index (χ4n) is 5.63. The number of ether oxygens (including phenoxy) is 1. The van der Waals surface area contributed by atoms with Gasteiger partial charge in [0.15, 0.2) is 0 Å². The van der Waals surface area contributed by atoms with E-state index in [1.54, 1.807) is 23.0 Å². The van der Waals surface area contributed by atoms with Crippen molar-refractivity contribution in [3.63, 3.8) is 0 Å². The number of esters is 1. The van der Waals surface area contributed by atoms with Crippen LogP contribution in [-0.2, 0) is 4.74 Å². The molecule has 1 amide bonds. The number of amides is 1. The molecule has 1 fully saturated rings. The van der Waals surface area contributed by atoms with Crippen LogP contribution in [-0.4, -0.2) is 49.0 Å². The summed E-state index contributed by atoms with van der Waals surface area (Å²) in [5.74, 6) is 0.620. The smallest absolute Gasteiger partial charge is 0.348 e. The summed E-state index contributed by atoms with van der Waals surface area (Å²) in [5.41, 5.74) is 7.21. The Morgan fingerprint density at radius 3 is 2.69 bits per heavy atom. The van der Waals surface area contributed by atoms with Crippen LogP contribution in [0.3, 0.4) is 0 Å². The van der Waals surface area contributed by atoms with E-state index in [1.165, 1.54) is 66.6 Å². The molecule has 202 valence electrons. The zero-order valence-electron chi connectivity index (χ0n) is 22.5. The highest BCUT2D eigenvalue weighted by Crippen LogP contribution is 2.44. The van der Waals surface area contributed by atoms with E-state index >= 15 is 0 Å². The third-order valence-electron chi connectivity index (χ3n) is 7.85. The summed E-state index contributed by atoms with van der Waals surface area (Å²) in [7, 11) is 3.59. The van der Waals surface area contributed by atoms with Gasteiger partial charge in [0.2, 0.25) is 0 Å². The molecule has 3 aromatic rings. The van der Waals surface area contributed by atoms with Crippen LogP contribution in [0.25, 0.3) is 16.0 Å². The van der Waals surface area contributed by atoms with Crippen LogP contribution in [0.1, 0.15) is 70.3 Å². The molecule has 0 unspecified atom stereocenters. The van der Waals surface area contributed by atoms with Gasteiger partial charge in [0, 0.05) is 28.9 Å². The van der Waals surface area contributed by atoms with Crippen molar-refractivity contribution in [2.45, 2.75) is 39.0 Å². The highest BCUT2D eigenvalue weighted by molar-refractivity contribution is 7.17. The summed E-state index contributed by atoms with van der Waals surface area (Å²) in [5, 5.41) is 14.3. The maximum atomic E-state index is 13.0. The number of benzene rings is 1. The number of nitrogens with one attached hydrogen (secondary N) is 1. The molecule has 2 aromatic heterocycles. The van der Waals surface area contributed by atoms with Gasteiger partial charge < -0.3 is 15.0 Å². The quantitative estimate of drug-likeness (QED) is 0.337. The van der Waals surface area contributed by atoms with Crippen molar-refractivity contribution >= 4 is 45.8 Å². The van der Waals surface area contributed by atoms with Crippen LogP contribution < -0.4 is 5.32 Å². The summed E-state index contributed by atoms with van der Waals surface area (Å²) in [6.45, 7) is 4.20. The van der Waals surface area contributed by atoms with Gasteiger partial charge in [-0.2, -0.15) is 5.26 Å². The summed E-state index contributed by atoms with van der Waals surface area (Å²) < 4.78 is 5.21. The first-order chi connectivity index (χ1) is 18.9. The number of hydrogen-bond acceptors (Lipinski definition) is 8. The summed E-state index contributed by atoms with van der Waals surface area (Å²) >= 11 is 2.74. The zero-order valence-corrected chi connectivity index (χ0v) is 24.1. The Bertz CT molecular complexity index is 1440. The molecule has 0 atom stereocenters. The van der Waals surface area contributed by atoms with Gasteiger partial charge in [-0.15, -0.1) is 22.7 Å². The van der Waals surface area contributed by atoms with E-state index in [1.807, 2.05) is 6.07 Å². The van der Waals surface area contributed by atoms with E-state index in [-0.39, 0.29) is 11.9 Å². The predicted molar refractivity (Wildman–Crippen MR) is 156 cm³/mol. The van der Waals surface area contributed by atoms with E-state index < -0.39 is 0 Å². The lowest BCUT2D eigenvalue weighted by atomic mass is 9.75. The minimum Gasteiger partial charge on any atom is -0.465 e. The summed E-state index contributed by atoms with van der Waals surface area (Å²) in [4.78, 5) is 33.4. The Balaban J connectivity index is 1.53. The molecule has 1 N–H and O–H groups in total. The number of anilines is 1. The Kier molecular flexibility index (Phi) is 8.26. The topological polar surface area (TPSA) is 95.3 Å². The number of carbonyl (C=O) groups excluding carboxylic acids is 2. The molecule has 9 heteroatoms. The second kappa shape index (κ2) is 11.8. The monoisotopic (exact) mass is 560 g/mol. The number of thiophene rings is 1. The predicted octanol–water partition coefficient (Wildman–Crippen LogP) is 6.70. The SMILES string of the molecule is COC(=O)c1sc(-c2ccc(NC(=O)c3cscn3)c(C#N)c2)cc1C1=C(C2CCC(C)CC2)CN(C)CC1. The normalized spacial score (nSPS) is 19.9. The average Bonchev–Trinajstić information content (AvgIpc) is 3.64. The lowest BCUT2D eigenvalue weighted by Crippen LogP contribution is -2.31. The molecule has 0 bridgehead atoms. The van der Waals surface area contributed by atoms with Gasteiger partial charge in [0.1, 0.15) is 16.6 Å². The van der Waals surface area contributed by atoms with Crippen molar-refractivity contribution in [2.75, 3.05) is 32.6 Å². The van der Waals surface area contributed by atoms with Crippen molar-refractivity contribution < 1.29 is 14.3 Å². The van der Waals surface area contributed by atoms with Crippen LogP contribution in [0.5, 0.6) is 0 Å². The van der Waals surface area contributed by atoms with Crippen LogP contribution in [0.15, 0.2) is 40.7 Å². The van der Waals surface area contributed by atoms with Gasteiger partial charge >= 0.3 is 5.97 Å². The highest BCUT2D eigenvalue weighted by atomic mass is 32.1. The third-order valence-corrected chi connectivity index (χ3v) is 9.60. The molecule has 1 saturated carbocycles.